The molecule has 0 bridgehead atoms. The van der Waals surface area contributed by atoms with Crippen molar-refractivity contribution >= 4 is 5.91 Å². The molecule has 0 fully saturated rings. The van der Waals surface area contributed by atoms with E-state index >= 15 is 0 Å². The predicted octanol–water partition coefficient (Wildman–Crippen LogP) is 0.535. The Morgan fingerprint density at radius 1 is 1.38 bits per heavy atom. The van der Waals surface area contributed by atoms with Gasteiger partial charge in [-0.05, 0) is 5.56 Å². The summed E-state index contributed by atoms with van der Waals surface area (Å²) >= 11 is 0. The van der Waals surface area contributed by atoms with Crippen LogP contribution in [0.1, 0.15) is 16.1 Å². The molecule has 0 aliphatic rings. The number of benzene rings is 1. The van der Waals surface area contributed by atoms with Crippen LogP contribution in [0, 0.1) is 0 Å². The molecule has 0 aliphatic heterocycles. The molecule has 2 rings (SSSR count). The van der Waals surface area contributed by atoms with Gasteiger partial charge < -0.3 is 4.57 Å². The molecule has 3 N–H and O–H groups in total. The van der Waals surface area contributed by atoms with Gasteiger partial charge in [0, 0.05) is 6.54 Å². The van der Waals surface area contributed by atoms with Crippen molar-refractivity contribution < 1.29 is 4.79 Å². The van der Waals surface area contributed by atoms with Crippen LogP contribution >= 0.6 is 0 Å². The third-order valence-electron chi connectivity index (χ3n) is 2.27. The van der Waals surface area contributed by atoms with Gasteiger partial charge in [0.15, 0.2) is 0 Å². The Bertz CT molecular complexity index is 478. The predicted molar refractivity (Wildman–Crippen MR) is 59.4 cm³/mol. The largest absolute Gasteiger partial charge is 0.322 e. The molecule has 0 unspecified atom stereocenters. The zero-order valence-electron chi connectivity index (χ0n) is 8.63. The van der Waals surface area contributed by atoms with Crippen LogP contribution in [0.5, 0.6) is 0 Å². The normalized spacial score (nSPS) is 10.1. The number of carbonyl (C=O) groups is 1. The molecule has 0 saturated carbocycles. The average Bonchev–Trinajstić information content (AvgIpc) is 2.77. The van der Waals surface area contributed by atoms with Crippen molar-refractivity contribution in [1.29, 1.82) is 0 Å². The number of nitrogens with two attached hydrogens (primary N) is 1. The maximum Gasteiger partial charge on any atom is 0.283 e. The van der Waals surface area contributed by atoms with Crippen molar-refractivity contribution in [2.75, 3.05) is 0 Å². The number of rotatable bonds is 3. The van der Waals surface area contributed by atoms with Crippen molar-refractivity contribution in [1.82, 2.24) is 15.0 Å². The summed E-state index contributed by atoms with van der Waals surface area (Å²) in [5.41, 5.74) is 3.65. The fourth-order valence-corrected chi connectivity index (χ4v) is 1.49. The van der Waals surface area contributed by atoms with Gasteiger partial charge >= 0.3 is 0 Å². The van der Waals surface area contributed by atoms with Crippen molar-refractivity contribution in [3.63, 3.8) is 0 Å². The SMILES string of the molecule is NNC(=O)c1cncn1Cc1ccccc1. The minimum atomic E-state index is -0.339. The number of amides is 1. The summed E-state index contributed by atoms with van der Waals surface area (Å²) < 4.78 is 1.75. The Labute approximate surface area is 92.9 Å². The molecule has 0 atom stereocenters. The molecule has 16 heavy (non-hydrogen) atoms. The van der Waals surface area contributed by atoms with Crippen molar-refractivity contribution in [2.24, 2.45) is 5.84 Å². The van der Waals surface area contributed by atoms with Crippen LogP contribution in [0.15, 0.2) is 42.9 Å². The number of nitrogens with zero attached hydrogens (tertiary/aromatic N) is 2. The highest BCUT2D eigenvalue weighted by Crippen LogP contribution is 2.05. The van der Waals surface area contributed by atoms with E-state index in [9.17, 15) is 4.79 Å². The number of aromatic nitrogens is 2. The molecule has 0 saturated heterocycles. The minimum absolute atomic E-state index is 0.339. The van der Waals surface area contributed by atoms with E-state index in [2.05, 4.69) is 10.4 Å². The highest BCUT2D eigenvalue weighted by molar-refractivity contribution is 5.91. The molecule has 1 heterocycles. The first-order valence-corrected chi connectivity index (χ1v) is 4.86. The van der Waals surface area contributed by atoms with Crippen LogP contribution in [-0.4, -0.2) is 15.5 Å². The summed E-state index contributed by atoms with van der Waals surface area (Å²) in [6.45, 7) is 0.601. The van der Waals surface area contributed by atoms with Gasteiger partial charge in [-0.15, -0.1) is 0 Å². The van der Waals surface area contributed by atoms with Crippen molar-refractivity contribution in [3.05, 3.63) is 54.1 Å². The smallest absolute Gasteiger partial charge is 0.283 e. The number of hydrazine groups is 1. The number of imidazole rings is 1. The Kier molecular flexibility index (Phi) is 2.98. The Morgan fingerprint density at radius 3 is 2.81 bits per heavy atom. The summed E-state index contributed by atoms with van der Waals surface area (Å²) in [4.78, 5) is 15.3. The number of nitrogen functional groups attached to an aromatic ring is 1. The minimum Gasteiger partial charge on any atom is -0.322 e. The molecule has 82 valence electrons. The monoisotopic (exact) mass is 216 g/mol. The lowest BCUT2D eigenvalue weighted by atomic mass is 10.2. The van der Waals surface area contributed by atoms with E-state index in [1.54, 1.807) is 10.9 Å². The molecule has 0 aliphatic carbocycles. The molecule has 1 aromatic carbocycles. The van der Waals surface area contributed by atoms with Crippen LogP contribution in [0.2, 0.25) is 0 Å². The van der Waals surface area contributed by atoms with Crippen LogP contribution < -0.4 is 11.3 Å². The zero-order chi connectivity index (χ0) is 11.4. The first kappa shape index (κ1) is 10.4. The van der Waals surface area contributed by atoms with Gasteiger partial charge in [-0.3, -0.25) is 10.2 Å². The van der Waals surface area contributed by atoms with Gasteiger partial charge in [0.2, 0.25) is 0 Å². The molecular formula is C11H12N4O. The third-order valence-corrected chi connectivity index (χ3v) is 2.27. The van der Waals surface area contributed by atoms with E-state index < -0.39 is 0 Å². The molecule has 2 aromatic rings. The van der Waals surface area contributed by atoms with Crippen molar-refractivity contribution in [3.8, 4) is 0 Å². The second kappa shape index (κ2) is 4.59. The Hall–Kier alpha value is -2.14. The third kappa shape index (κ3) is 2.09. The fraction of sp³-hybridized carbons (Fsp3) is 0.0909. The van der Waals surface area contributed by atoms with Gasteiger partial charge in [0.05, 0.1) is 12.5 Å². The first-order valence-electron chi connectivity index (χ1n) is 4.86. The Morgan fingerprint density at radius 2 is 2.12 bits per heavy atom. The van der Waals surface area contributed by atoms with E-state index in [1.165, 1.54) is 6.20 Å². The van der Waals surface area contributed by atoms with Gasteiger partial charge in [-0.2, -0.15) is 0 Å². The van der Waals surface area contributed by atoms with Gasteiger partial charge in [0.1, 0.15) is 5.69 Å². The average molecular weight is 216 g/mol. The topological polar surface area (TPSA) is 72.9 Å². The van der Waals surface area contributed by atoms with Crippen LogP contribution in [-0.2, 0) is 6.54 Å². The maximum absolute atomic E-state index is 11.4. The molecule has 5 heteroatoms. The van der Waals surface area contributed by atoms with E-state index in [-0.39, 0.29) is 5.91 Å². The number of hydrogen-bond donors (Lipinski definition) is 2. The molecule has 0 radical (unpaired) electrons. The quantitative estimate of drug-likeness (QED) is 0.446. The van der Waals surface area contributed by atoms with Crippen molar-refractivity contribution in [2.45, 2.75) is 6.54 Å². The fourth-order valence-electron chi connectivity index (χ4n) is 1.49. The van der Waals surface area contributed by atoms with E-state index in [0.717, 1.165) is 5.56 Å². The van der Waals surface area contributed by atoms with Crippen LogP contribution in [0.3, 0.4) is 0 Å². The molecule has 1 aromatic heterocycles. The number of nitrogens with one attached hydrogen (secondary N) is 1. The van der Waals surface area contributed by atoms with Crippen LogP contribution in [0.4, 0.5) is 0 Å². The summed E-state index contributed by atoms with van der Waals surface area (Å²) in [6.07, 6.45) is 3.10. The van der Waals surface area contributed by atoms with Gasteiger partial charge in [-0.25, -0.2) is 10.8 Å². The summed E-state index contributed by atoms with van der Waals surface area (Å²) in [7, 11) is 0. The standard InChI is InChI=1S/C11H12N4O/c12-14-11(16)10-6-13-8-15(10)7-9-4-2-1-3-5-9/h1-6,8H,7,12H2,(H,14,16). The lowest BCUT2D eigenvalue weighted by molar-refractivity contribution is 0.0945. The second-order valence-electron chi connectivity index (χ2n) is 3.37. The molecule has 0 spiro atoms. The highest BCUT2D eigenvalue weighted by atomic mass is 16.2. The lowest BCUT2D eigenvalue weighted by Gasteiger charge is -2.06. The zero-order valence-corrected chi connectivity index (χ0v) is 8.63. The maximum atomic E-state index is 11.4. The highest BCUT2D eigenvalue weighted by Gasteiger charge is 2.09. The molecule has 5 nitrogen and oxygen atoms in total. The number of carbonyl (C=O) groups excluding carboxylic acids is 1. The first-order chi connectivity index (χ1) is 7.81. The van der Waals surface area contributed by atoms with Crippen LogP contribution in [0.25, 0.3) is 0 Å². The summed E-state index contributed by atoms with van der Waals surface area (Å²) in [5, 5.41) is 0. The lowest BCUT2D eigenvalue weighted by Crippen LogP contribution is -2.31. The second-order valence-corrected chi connectivity index (χ2v) is 3.37. The molecule has 1 amide bonds. The van der Waals surface area contributed by atoms with E-state index in [1.807, 2.05) is 30.3 Å². The number of hydrogen-bond acceptors (Lipinski definition) is 3. The van der Waals surface area contributed by atoms with E-state index in [0.29, 0.717) is 12.2 Å². The van der Waals surface area contributed by atoms with Gasteiger partial charge in [-0.1, -0.05) is 30.3 Å². The summed E-state index contributed by atoms with van der Waals surface area (Å²) in [5.74, 6) is 4.75. The summed E-state index contributed by atoms with van der Waals surface area (Å²) in [6, 6.07) is 9.84. The van der Waals surface area contributed by atoms with E-state index in [4.69, 9.17) is 5.84 Å². The Balaban J connectivity index is 2.22. The molecular weight excluding hydrogens is 204 g/mol. The van der Waals surface area contributed by atoms with Gasteiger partial charge in [0.25, 0.3) is 5.91 Å².